The van der Waals surface area contributed by atoms with Gasteiger partial charge in [0.05, 0.1) is 0 Å². The first-order chi connectivity index (χ1) is 6.53. The number of rotatable bonds is 2. The number of benzene rings is 1. The molecule has 74 valence electrons. The number of nitrogens with zero attached hydrogens (tertiary/aromatic N) is 1. The molecule has 0 aromatic heterocycles. The number of hydrogen-bond donors (Lipinski definition) is 0. The molecule has 0 saturated heterocycles. The van der Waals surface area contributed by atoms with E-state index in [2.05, 4.69) is 15.9 Å². The van der Waals surface area contributed by atoms with Crippen LogP contribution in [0.2, 0.25) is 0 Å². The Kier molecular flexibility index (Phi) is 3.25. The Hall–Kier alpha value is -0.920. The van der Waals surface area contributed by atoms with Crippen molar-refractivity contribution in [3.05, 3.63) is 34.1 Å². The van der Waals surface area contributed by atoms with Crippen molar-refractivity contribution in [3.8, 4) is 6.07 Å². The maximum absolute atomic E-state index is 13.4. The fraction of sp³-hybridized carbons (Fsp3) is 0.300. The van der Waals surface area contributed by atoms with Gasteiger partial charge in [-0.05, 0) is 25.1 Å². The summed E-state index contributed by atoms with van der Waals surface area (Å²) in [5, 5.41) is 8.90. The van der Waals surface area contributed by atoms with Gasteiger partial charge in [-0.1, -0.05) is 15.9 Å². The number of halogens is 2. The summed E-state index contributed by atoms with van der Waals surface area (Å²) >= 11 is 3.22. The molecule has 1 rings (SSSR count). The zero-order valence-corrected chi connectivity index (χ0v) is 9.43. The summed E-state index contributed by atoms with van der Waals surface area (Å²) in [6.07, 6.45) is 0. The van der Waals surface area contributed by atoms with Gasteiger partial charge in [-0.25, -0.2) is 4.39 Å². The molecule has 0 aliphatic heterocycles. The van der Waals surface area contributed by atoms with Crippen LogP contribution in [-0.4, -0.2) is 7.11 Å². The topological polar surface area (TPSA) is 33.0 Å². The fourth-order valence-corrected chi connectivity index (χ4v) is 1.44. The maximum atomic E-state index is 13.4. The van der Waals surface area contributed by atoms with Gasteiger partial charge in [0.1, 0.15) is 11.9 Å². The van der Waals surface area contributed by atoms with Crippen LogP contribution in [0.3, 0.4) is 0 Å². The van der Waals surface area contributed by atoms with Gasteiger partial charge >= 0.3 is 0 Å². The van der Waals surface area contributed by atoms with Crippen LogP contribution in [0.1, 0.15) is 12.5 Å². The second kappa shape index (κ2) is 4.07. The van der Waals surface area contributed by atoms with Gasteiger partial charge in [0.25, 0.3) is 0 Å². The van der Waals surface area contributed by atoms with Gasteiger partial charge < -0.3 is 4.74 Å². The van der Waals surface area contributed by atoms with Crippen molar-refractivity contribution in [2.45, 2.75) is 12.5 Å². The van der Waals surface area contributed by atoms with Gasteiger partial charge in [0.2, 0.25) is 0 Å². The van der Waals surface area contributed by atoms with Crippen LogP contribution < -0.4 is 0 Å². The van der Waals surface area contributed by atoms with E-state index in [0.717, 1.165) is 0 Å². The quantitative estimate of drug-likeness (QED) is 0.816. The van der Waals surface area contributed by atoms with Crippen LogP contribution in [0.4, 0.5) is 4.39 Å². The van der Waals surface area contributed by atoms with Gasteiger partial charge in [-0.2, -0.15) is 5.26 Å². The Morgan fingerprint density at radius 1 is 1.57 bits per heavy atom. The van der Waals surface area contributed by atoms with Crippen LogP contribution in [-0.2, 0) is 10.3 Å². The third kappa shape index (κ3) is 1.94. The molecule has 1 aromatic carbocycles. The smallest absolute Gasteiger partial charge is 0.179 e. The summed E-state index contributed by atoms with van der Waals surface area (Å²) in [5.41, 5.74) is -1.01. The molecule has 14 heavy (non-hydrogen) atoms. The summed E-state index contributed by atoms with van der Waals surface area (Å²) in [5.74, 6) is -0.445. The average molecular weight is 258 g/mol. The highest BCUT2D eigenvalue weighted by molar-refractivity contribution is 9.10. The molecule has 1 unspecified atom stereocenters. The molecule has 0 aliphatic carbocycles. The minimum atomic E-state index is -1.24. The first-order valence-corrected chi connectivity index (χ1v) is 4.74. The molecule has 0 saturated carbocycles. The maximum Gasteiger partial charge on any atom is 0.179 e. The molecule has 0 radical (unpaired) electrons. The Bertz CT molecular complexity index is 388. The molecule has 0 N–H and O–H groups in total. The first kappa shape index (κ1) is 11.2. The SMILES string of the molecule is COC(C)(C#N)c1cc(Br)ccc1F. The molecule has 0 spiro atoms. The standard InChI is InChI=1S/C10H9BrFNO/c1-10(6-13,14-2)8-5-7(11)3-4-9(8)12/h3-5H,1-2H3. The number of hydrogen-bond acceptors (Lipinski definition) is 2. The van der Waals surface area contributed by atoms with E-state index < -0.39 is 11.4 Å². The highest BCUT2D eigenvalue weighted by atomic mass is 79.9. The van der Waals surface area contributed by atoms with Crippen molar-refractivity contribution in [3.63, 3.8) is 0 Å². The predicted molar refractivity (Wildman–Crippen MR) is 54.1 cm³/mol. The van der Waals surface area contributed by atoms with E-state index in [1.807, 2.05) is 6.07 Å². The van der Waals surface area contributed by atoms with Gasteiger partial charge in [-0.15, -0.1) is 0 Å². The molecule has 1 aromatic rings. The van der Waals surface area contributed by atoms with Crippen LogP contribution in [0, 0.1) is 17.1 Å². The lowest BCUT2D eigenvalue weighted by atomic mass is 9.97. The van der Waals surface area contributed by atoms with Crippen molar-refractivity contribution < 1.29 is 9.13 Å². The van der Waals surface area contributed by atoms with Crippen LogP contribution in [0.15, 0.2) is 22.7 Å². The van der Waals surface area contributed by atoms with Gasteiger partial charge in [0, 0.05) is 17.1 Å². The lowest BCUT2D eigenvalue weighted by molar-refractivity contribution is 0.0500. The van der Waals surface area contributed by atoms with E-state index in [-0.39, 0.29) is 5.56 Å². The molecule has 0 fully saturated rings. The van der Waals surface area contributed by atoms with E-state index in [9.17, 15) is 4.39 Å². The van der Waals surface area contributed by atoms with Crippen molar-refractivity contribution in [2.24, 2.45) is 0 Å². The highest BCUT2D eigenvalue weighted by Gasteiger charge is 2.29. The van der Waals surface area contributed by atoms with Gasteiger partial charge in [-0.3, -0.25) is 0 Å². The highest BCUT2D eigenvalue weighted by Crippen LogP contribution is 2.28. The fourth-order valence-electron chi connectivity index (χ4n) is 1.08. The summed E-state index contributed by atoms with van der Waals surface area (Å²) in [6.45, 7) is 1.53. The van der Waals surface area contributed by atoms with Gasteiger partial charge in [0.15, 0.2) is 5.60 Å². The average Bonchev–Trinajstić information content (AvgIpc) is 2.20. The first-order valence-electron chi connectivity index (χ1n) is 3.95. The minimum Gasteiger partial charge on any atom is -0.359 e. The third-order valence-corrected chi connectivity index (χ3v) is 2.56. The molecule has 1 atom stereocenters. The second-order valence-electron chi connectivity index (χ2n) is 2.97. The summed E-state index contributed by atoms with van der Waals surface area (Å²) < 4.78 is 19.1. The Morgan fingerprint density at radius 2 is 2.21 bits per heavy atom. The zero-order valence-electron chi connectivity index (χ0n) is 7.84. The van der Waals surface area contributed by atoms with E-state index in [0.29, 0.717) is 4.47 Å². The second-order valence-corrected chi connectivity index (χ2v) is 3.89. The molecule has 2 nitrogen and oxygen atoms in total. The normalized spacial score (nSPS) is 14.5. The van der Waals surface area contributed by atoms with E-state index in [1.54, 1.807) is 12.1 Å². The molecular weight excluding hydrogens is 249 g/mol. The van der Waals surface area contributed by atoms with Crippen LogP contribution in [0.25, 0.3) is 0 Å². The molecule has 0 bridgehead atoms. The monoisotopic (exact) mass is 257 g/mol. The van der Waals surface area contributed by atoms with E-state index in [1.165, 1.54) is 20.1 Å². The van der Waals surface area contributed by atoms with Crippen molar-refractivity contribution in [2.75, 3.05) is 7.11 Å². The van der Waals surface area contributed by atoms with Crippen LogP contribution >= 0.6 is 15.9 Å². The summed E-state index contributed by atoms with van der Waals surface area (Å²) in [7, 11) is 1.38. The van der Waals surface area contributed by atoms with Crippen molar-refractivity contribution in [1.82, 2.24) is 0 Å². The zero-order chi connectivity index (χ0) is 10.8. The Balaban J connectivity index is 3.31. The number of methoxy groups -OCH3 is 1. The molecular formula is C10H9BrFNO. The summed E-state index contributed by atoms with van der Waals surface area (Å²) in [4.78, 5) is 0. The van der Waals surface area contributed by atoms with Crippen molar-refractivity contribution >= 4 is 15.9 Å². The van der Waals surface area contributed by atoms with E-state index in [4.69, 9.17) is 10.00 Å². The third-order valence-electron chi connectivity index (χ3n) is 2.06. The largest absolute Gasteiger partial charge is 0.359 e. The number of ether oxygens (including phenoxy) is 1. The molecule has 4 heteroatoms. The molecule has 0 amide bonds. The predicted octanol–water partition coefficient (Wildman–Crippen LogP) is 2.97. The van der Waals surface area contributed by atoms with Crippen molar-refractivity contribution in [1.29, 1.82) is 5.26 Å². The molecule has 0 aliphatic rings. The Morgan fingerprint density at radius 3 is 2.71 bits per heavy atom. The minimum absolute atomic E-state index is 0.233. The lowest BCUT2D eigenvalue weighted by Crippen LogP contribution is -2.23. The Labute approximate surface area is 90.4 Å². The van der Waals surface area contributed by atoms with Crippen LogP contribution in [0.5, 0.6) is 0 Å². The lowest BCUT2D eigenvalue weighted by Gasteiger charge is -2.20. The molecule has 0 heterocycles. The summed E-state index contributed by atoms with van der Waals surface area (Å²) in [6, 6.07) is 6.35. The number of nitriles is 1. The van der Waals surface area contributed by atoms with E-state index >= 15 is 0 Å².